The van der Waals surface area contributed by atoms with Crippen molar-refractivity contribution in [3.8, 4) is 0 Å². The maximum Gasteiger partial charge on any atom is 0.312 e. The predicted molar refractivity (Wildman–Crippen MR) is 79.3 cm³/mol. The number of aliphatic hydroxyl groups is 1. The van der Waals surface area contributed by atoms with Crippen LogP contribution in [0.1, 0.15) is 31.2 Å². The number of aliphatic hydroxyl groups excluding tert-OH is 1. The summed E-state index contributed by atoms with van der Waals surface area (Å²) in [4.78, 5) is 13.6. The van der Waals surface area contributed by atoms with E-state index in [1.54, 1.807) is 13.0 Å². The highest BCUT2D eigenvalue weighted by molar-refractivity contribution is 6.33. The molecule has 2 atom stereocenters. The maximum atomic E-state index is 11.5. The Morgan fingerprint density at radius 1 is 1.55 bits per heavy atom. The Hall–Kier alpha value is -1.26. The molecule has 1 saturated heterocycles. The van der Waals surface area contributed by atoms with Gasteiger partial charge in [-0.05, 0) is 37.5 Å². The van der Waals surface area contributed by atoms with Gasteiger partial charge < -0.3 is 14.7 Å². The number of halogens is 1. The first-order chi connectivity index (χ1) is 9.52. The van der Waals surface area contributed by atoms with Gasteiger partial charge in [0.2, 0.25) is 0 Å². The lowest BCUT2D eigenvalue weighted by Gasteiger charge is -2.32. The number of piperidine rings is 1. The molecule has 110 valence electrons. The van der Waals surface area contributed by atoms with Crippen molar-refractivity contribution in [2.45, 2.75) is 31.8 Å². The zero-order valence-electron chi connectivity index (χ0n) is 11.8. The Morgan fingerprint density at radius 3 is 2.90 bits per heavy atom. The topological polar surface area (TPSA) is 49.8 Å². The van der Waals surface area contributed by atoms with Crippen LogP contribution in [-0.4, -0.2) is 37.4 Å². The average Bonchev–Trinajstić information content (AvgIpc) is 2.45. The SMILES string of the molecule is COC(=O)C(C)c1ccc(N2CCCC(O)C2)c(Cl)c1. The first-order valence-corrected chi connectivity index (χ1v) is 7.21. The van der Waals surface area contributed by atoms with E-state index >= 15 is 0 Å². The predicted octanol–water partition coefficient (Wildman–Crippen LogP) is 2.58. The average molecular weight is 298 g/mol. The number of hydrogen-bond acceptors (Lipinski definition) is 4. The normalized spacial score (nSPS) is 20.6. The third-order valence-electron chi connectivity index (χ3n) is 3.76. The number of carbonyl (C=O) groups is 1. The summed E-state index contributed by atoms with van der Waals surface area (Å²) < 4.78 is 4.74. The second-order valence-corrected chi connectivity index (χ2v) is 5.60. The third kappa shape index (κ3) is 3.25. The summed E-state index contributed by atoms with van der Waals surface area (Å²) in [6.07, 6.45) is 1.50. The van der Waals surface area contributed by atoms with E-state index in [9.17, 15) is 9.90 Å². The van der Waals surface area contributed by atoms with Gasteiger partial charge in [-0.25, -0.2) is 0 Å². The van der Waals surface area contributed by atoms with Gasteiger partial charge in [-0.15, -0.1) is 0 Å². The van der Waals surface area contributed by atoms with Crippen LogP contribution >= 0.6 is 11.6 Å². The molecule has 0 spiro atoms. The molecule has 0 amide bonds. The Balaban J connectivity index is 2.19. The van der Waals surface area contributed by atoms with Crippen molar-refractivity contribution < 1.29 is 14.6 Å². The number of anilines is 1. The van der Waals surface area contributed by atoms with Crippen molar-refractivity contribution >= 4 is 23.3 Å². The van der Waals surface area contributed by atoms with Crippen LogP contribution < -0.4 is 4.90 Å². The first kappa shape index (κ1) is 15.1. The molecule has 4 nitrogen and oxygen atoms in total. The molecule has 0 aliphatic carbocycles. The van der Waals surface area contributed by atoms with Crippen molar-refractivity contribution in [2.75, 3.05) is 25.1 Å². The van der Waals surface area contributed by atoms with E-state index in [1.165, 1.54) is 7.11 Å². The molecule has 0 bridgehead atoms. The van der Waals surface area contributed by atoms with E-state index in [1.807, 2.05) is 12.1 Å². The van der Waals surface area contributed by atoms with Crippen LogP contribution in [0, 0.1) is 0 Å². The molecule has 1 heterocycles. The van der Waals surface area contributed by atoms with Crippen LogP contribution in [0.5, 0.6) is 0 Å². The van der Waals surface area contributed by atoms with Crippen molar-refractivity contribution in [2.24, 2.45) is 0 Å². The molecule has 1 aliphatic heterocycles. The fraction of sp³-hybridized carbons (Fsp3) is 0.533. The van der Waals surface area contributed by atoms with Crippen LogP contribution in [-0.2, 0) is 9.53 Å². The lowest BCUT2D eigenvalue weighted by atomic mass is 10.00. The Labute approximate surface area is 124 Å². The number of esters is 1. The second-order valence-electron chi connectivity index (χ2n) is 5.20. The zero-order chi connectivity index (χ0) is 14.7. The molecule has 5 heteroatoms. The van der Waals surface area contributed by atoms with Crippen LogP contribution in [0.15, 0.2) is 18.2 Å². The fourth-order valence-electron chi connectivity index (χ4n) is 2.54. The molecule has 1 aliphatic rings. The fourth-order valence-corrected chi connectivity index (χ4v) is 2.84. The van der Waals surface area contributed by atoms with Gasteiger partial charge in [0.1, 0.15) is 0 Å². The molecular formula is C15H20ClNO3. The van der Waals surface area contributed by atoms with Crippen LogP contribution in [0.2, 0.25) is 5.02 Å². The summed E-state index contributed by atoms with van der Waals surface area (Å²) >= 11 is 6.33. The van der Waals surface area contributed by atoms with E-state index in [0.29, 0.717) is 11.6 Å². The standard InChI is InChI=1S/C15H20ClNO3/c1-10(15(19)20-2)11-5-6-14(13(16)8-11)17-7-3-4-12(18)9-17/h5-6,8,10,12,18H,3-4,7,9H2,1-2H3. The summed E-state index contributed by atoms with van der Waals surface area (Å²) in [5, 5.41) is 10.3. The Morgan fingerprint density at radius 2 is 2.30 bits per heavy atom. The molecule has 1 aromatic carbocycles. The number of hydrogen-bond donors (Lipinski definition) is 1. The number of β-amino-alcohol motifs (C(OH)–C–C–N with tert-alkyl or cyclic N) is 1. The summed E-state index contributed by atoms with van der Waals surface area (Å²) in [5.74, 6) is -0.610. The molecule has 1 aromatic rings. The highest BCUT2D eigenvalue weighted by Crippen LogP contribution is 2.31. The van der Waals surface area contributed by atoms with Gasteiger partial charge in [0.05, 0.1) is 29.8 Å². The number of carbonyl (C=O) groups excluding carboxylic acids is 1. The van der Waals surface area contributed by atoms with Crippen molar-refractivity contribution in [1.29, 1.82) is 0 Å². The summed E-state index contributed by atoms with van der Waals surface area (Å²) in [6.45, 7) is 3.29. The molecule has 1 fully saturated rings. The van der Waals surface area contributed by atoms with Crippen molar-refractivity contribution in [3.63, 3.8) is 0 Å². The smallest absolute Gasteiger partial charge is 0.312 e. The van der Waals surface area contributed by atoms with E-state index in [0.717, 1.165) is 30.6 Å². The van der Waals surface area contributed by atoms with E-state index in [-0.39, 0.29) is 18.0 Å². The van der Waals surface area contributed by atoms with Gasteiger partial charge in [0.15, 0.2) is 0 Å². The van der Waals surface area contributed by atoms with Gasteiger partial charge in [0.25, 0.3) is 0 Å². The molecule has 0 radical (unpaired) electrons. The quantitative estimate of drug-likeness (QED) is 0.871. The number of ether oxygens (including phenoxy) is 1. The minimum Gasteiger partial charge on any atom is -0.469 e. The van der Waals surface area contributed by atoms with Gasteiger partial charge in [0, 0.05) is 13.1 Å². The molecule has 1 N–H and O–H groups in total. The van der Waals surface area contributed by atoms with Crippen molar-refractivity contribution in [1.82, 2.24) is 0 Å². The summed E-state index contributed by atoms with van der Waals surface area (Å²) in [5.41, 5.74) is 1.74. The summed E-state index contributed by atoms with van der Waals surface area (Å²) in [7, 11) is 1.38. The largest absolute Gasteiger partial charge is 0.469 e. The zero-order valence-corrected chi connectivity index (χ0v) is 12.6. The van der Waals surface area contributed by atoms with E-state index in [2.05, 4.69) is 4.90 Å². The van der Waals surface area contributed by atoms with Gasteiger partial charge >= 0.3 is 5.97 Å². The monoisotopic (exact) mass is 297 g/mol. The van der Waals surface area contributed by atoms with Crippen LogP contribution in [0.3, 0.4) is 0 Å². The van der Waals surface area contributed by atoms with Crippen LogP contribution in [0.25, 0.3) is 0 Å². The number of benzene rings is 1. The van der Waals surface area contributed by atoms with E-state index < -0.39 is 0 Å². The lowest BCUT2D eigenvalue weighted by molar-refractivity contribution is -0.141. The van der Waals surface area contributed by atoms with Crippen molar-refractivity contribution in [3.05, 3.63) is 28.8 Å². The van der Waals surface area contributed by atoms with Gasteiger partial charge in [-0.3, -0.25) is 4.79 Å². The third-order valence-corrected chi connectivity index (χ3v) is 4.07. The maximum absolute atomic E-state index is 11.5. The highest BCUT2D eigenvalue weighted by atomic mass is 35.5. The van der Waals surface area contributed by atoms with Gasteiger partial charge in [-0.2, -0.15) is 0 Å². The van der Waals surface area contributed by atoms with Gasteiger partial charge in [-0.1, -0.05) is 17.7 Å². The van der Waals surface area contributed by atoms with Crippen LogP contribution in [0.4, 0.5) is 5.69 Å². The molecule has 2 unspecified atom stereocenters. The first-order valence-electron chi connectivity index (χ1n) is 6.83. The molecule has 0 aromatic heterocycles. The molecular weight excluding hydrogens is 278 g/mol. The van der Waals surface area contributed by atoms with E-state index in [4.69, 9.17) is 16.3 Å². The summed E-state index contributed by atoms with van der Waals surface area (Å²) in [6, 6.07) is 5.61. The molecule has 2 rings (SSSR count). The Bertz CT molecular complexity index is 492. The Kier molecular flexibility index (Phi) is 4.89. The number of nitrogens with zero attached hydrogens (tertiary/aromatic N) is 1. The molecule has 0 saturated carbocycles. The number of rotatable bonds is 3. The minimum atomic E-state index is -0.335. The lowest BCUT2D eigenvalue weighted by Crippen LogP contribution is -2.38. The highest BCUT2D eigenvalue weighted by Gasteiger charge is 2.21. The number of methoxy groups -OCH3 is 1. The molecule has 20 heavy (non-hydrogen) atoms. The second kappa shape index (κ2) is 6.46. The minimum absolute atomic E-state index is 0.276.